The van der Waals surface area contributed by atoms with Gasteiger partial charge in [0.05, 0.1) is 25.4 Å². The van der Waals surface area contributed by atoms with Crippen molar-refractivity contribution >= 4 is 10.9 Å². The molecule has 2 aliphatic heterocycles. The Labute approximate surface area is 210 Å². The average Bonchev–Trinajstić information content (AvgIpc) is 3.16. The van der Waals surface area contributed by atoms with Crippen molar-refractivity contribution in [1.82, 2.24) is 14.8 Å². The number of aliphatic hydroxyl groups is 1. The second-order valence-corrected chi connectivity index (χ2v) is 10.2. The van der Waals surface area contributed by atoms with Crippen LogP contribution in [-0.4, -0.2) is 65.0 Å². The molecule has 0 spiro atoms. The number of benzene rings is 2. The van der Waals surface area contributed by atoms with Gasteiger partial charge in [-0.05, 0) is 49.1 Å². The predicted octanol–water partition coefficient (Wildman–Crippen LogP) is 5.67. The van der Waals surface area contributed by atoms with Crippen LogP contribution in [0, 0.1) is 17.6 Å². The van der Waals surface area contributed by atoms with Gasteiger partial charge in [-0.1, -0.05) is 18.2 Å². The van der Waals surface area contributed by atoms with Crippen molar-refractivity contribution in [2.45, 2.75) is 44.1 Å². The van der Waals surface area contributed by atoms with Gasteiger partial charge in [0, 0.05) is 53.8 Å². The molecule has 3 heterocycles. The topological polar surface area (TPSA) is 42.5 Å². The van der Waals surface area contributed by atoms with E-state index < -0.39 is 54.8 Å². The summed E-state index contributed by atoms with van der Waals surface area (Å²) in [5.74, 6) is -2.27. The summed E-state index contributed by atoms with van der Waals surface area (Å²) in [5, 5.41) is 11.6. The Morgan fingerprint density at radius 1 is 1.11 bits per heavy atom. The second-order valence-electron chi connectivity index (χ2n) is 10.2. The van der Waals surface area contributed by atoms with Gasteiger partial charge in [0.2, 0.25) is 0 Å². The first-order valence-electron chi connectivity index (χ1n) is 12.4. The van der Waals surface area contributed by atoms with E-state index in [9.17, 15) is 22.7 Å². The highest BCUT2D eigenvalue weighted by atomic mass is 19.4. The molecule has 3 atom stereocenters. The number of hydrogen-bond acceptors (Lipinski definition) is 3. The molecule has 5 rings (SSSR count). The molecular formula is C27H29F6N3O. The molecule has 0 amide bonds. The minimum Gasteiger partial charge on any atom is -0.388 e. The van der Waals surface area contributed by atoms with E-state index in [0.717, 1.165) is 28.0 Å². The van der Waals surface area contributed by atoms with Crippen LogP contribution in [0.4, 0.5) is 26.3 Å². The molecule has 0 unspecified atom stereocenters. The summed E-state index contributed by atoms with van der Waals surface area (Å²) in [6.45, 7) is 1.36. The minimum atomic E-state index is -4.57. The Hall–Kier alpha value is -2.56. The number of halogens is 6. The lowest BCUT2D eigenvalue weighted by Crippen LogP contribution is -2.49. The van der Waals surface area contributed by atoms with Crippen LogP contribution in [0.1, 0.15) is 47.9 Å². The summed E-state index contributed by atoms with van der Waals surface area (Å²) in [7, 11) is 0. The first-order chi connectivity index (χ1) is 17.6. The van der Waals surface area contributed by atoms with Gasteiger partial charge in [0.1, 0.15) is 11.6 Å². The third-order valence-corrected chi connectivity index (χ3v) is 7.64. The molecule has 2 N–H and O–H groups in total. The molecule has 37 heavy (non-hydrogen) atoms. The summed E-state index contributed by atoms with van der Waals surface area (Å²) in [5.41, 5.74) is 1.35. The summed E-state index contributed by atoms with van der Waals surface area (Å²) >= 11 is 0. The van der Waals surface area contributed by atoms with Gasteiger partial charge in [-0.3, -0.25) is 9.29 Å². The highest BCUT2D eigenvalue weighted by Crippen LogP contribution is 2.44. The number of nitrogens with one attached hydrogen (secondary N) is 1. The highest BCUT2D eigenvalue weighted by molar-refractivity contribution is 5.85. The van der Waals surface area contributed by atoms with Crippen molar-refractivity contribution in [3.63, 3.8) is 0 Å². The summed E-state index contributed by atoms with van der Waals surface area (Å²) < 4.78 is 84.5. The van der Waals surface area contributed by atoms with Crippen molar-refractivity contribution < 1.29 is 31.4 Å². The lowest BCUT2D eigenvalue weighted by molar-refractivity contribution is -0.155. The predicted molar refractivity (Wildman–Crippen MR) is 128 cm³/mol. The number of H-pyrrole nitrogens is 1. The van der Waals surface area contributed by atoms with Gasteiger partial charge in [0.15, 0.2) is 0 Å². The van der Waals surface area contributed by atoms with E-state index in [-0.39, 0.29) is 11.5 Å². The molecule has 1 aromatic heterocycles. The van der Waals surface area contributed by atoms with Gasteiger partial charge in [-0.15, -0.1) is 0 Å². The van der Waals surface area contributed by atoms with Gasteiger partial charge in [0.25, 0.3) is 0 Å². The Morgan fingerprint density at radius 2 is 1.78 bits per heavy atom. The normalized spacial score (nSPS) is 22.3. The third kappa shape index (κ3) is 4.98. The number of hydrogen-bond donors (Lipinski definition) is 2. The molecule has 0 saturated carbocycles. The quantitative estimate of drug-likeness (QED) is 0.391. The number of aliphatic hydroxyl groups excluding tert-OH is 1. The maximum absolute atomic E-state index is 15.6. The van der Waals surface area contributed by atoms with E-state index in [2.05, 4.69) is 4.98 Å². The van der Waals surface area contributed by atoms with Crippen LogP contribution in [-0.2, 0) is 6.42 Å². The van der Waals surface area contributed by atoms with E-state index in [4.69, 9.17) is 0 Å². The van der Waals surface area contributed by atoms with E-state index in [0.29, 0.717) is 43.7 Å². The third-order valence-electron chi connectivity index (χ3n) is 7.64. The molecule has 2 aliphatic rings. The molecule has 4 nitrogen and oxygen atoms in total. The fourth-order valence-corrected chi connectivity index (χ4v) is 5.85. The van der Waals surface area contributed by atoms with Crippen LogP contribution in [0.2, 0.25) is 0 Å². The highest BCUT2D eigenvalue weighted by Gasteiger charge is 2.44. The lowest BCUT2D eigenvalue weighted by Gasteiger charge is -2.42. The number of likely N-dealkylation sites (tertiary alicyclic amines) is 1. The first kappa shape index (κ1) is 26.1. The molecule has 0 radical (unpaired) electrons. The van der Waals surface area contributed by atoms with Gasteiger partial charge >= 0.3 is 6.18 Å². The number of aromatic amines is 1. The maximum atomic E-state index is 15.6. The average molecular weight is 526 g/mol. The lowest BCUT2D eigenvalue weighted by atomic mass is 9.85. The van der Waals surface area contributed by atoms with E-state index in [1.165, 1.54) is 0 Å². The molecule has 0 bridgehead atoms. The number of nitrogens with zero attached hydrogens (tertiary/aromatic N) is 2. The number of aromatic nitrogens is 1. The zero-order valence-electron chi connectivity index (χ0n) is 20.3. The molecule has 3 aromatic rings. The number of para-hydroxylation sites is 1. The van der Waals surface area contributed by atoms with E-state index in [1.807, 2.05) is 17.0 Å². The number of rotatable bonds is 7. The maximum Gasteiger partial charge on any atom is 0.401 e. The van der Waals surface area contributed by atoms with Crippen LogP contribution in [0.25, 0.3) is 10.9 Å². The minimum absolute atomic E-state index is 0.0389. The molecule has 1 fully saturated rings. The van der Waals surface area contributed by atoms with Crippen LogP contribution < -0.4 is 0 Å². The van der Waals surface area contributed by atoms with Gasteiger partial charge < -0.3 is 15.0 Å². The molecule has 10 heteroatoms. The SMILES string of the molecule is C[C@@H]1Cc2c([nH]c3ccccc23)[C@@H](c2c(F)cc([C@@H](O)C3CN(CCCF)C3)cc2F)N1CC(F)(F)F. The Morgan fingerprint density at radius 3 is 2.43 bits per heavy atom. The Balaban J connectivity index is 1.52. The van der Waals surface area contributed by atoms with E-state index >= 15 is 8.78 Å². The van der Waals surface area contributed by atoms with Crippen LogP contribution in [0.3, 0.4) is 0 Å². The summed E-state index contributed by atoms with van der Waals surface area (Å²) in [6.07, 6.45) is -5.03. The van der Waals surface area contributed by atoms with Crippen molar-refractivity contribution in [3.8, 4) is 0 Å². The number of fused-ring (bicyclic) bond motifs is 3. The van der Waals surface area contributed by atoms with Crippen molar-refractivity contribution in [1.29, 1.82) is 0 Å². The zero-order valence-corrected chi connectivity index (χ0v) is 20.3. The van der Waals surface area contributed by atoms with Gasteiger partial charge in [-0.2, -0.15) is 13.2 Å². The number of alkyl halides is 4. The Bertz CT molecular complexity index is 1250. The second kappa shape index (κ2) is 9.96. The molecular weight excluding hydrogens is 496 g/mol. The van der Waals surface area contributed by atoms with Crippen LogP contribution >= 0.6 is 0 Å². The van der Waals surface area contributed by atoms with Crippen LogP contribution in [0.5, 0.6) is 0 Å². The molecule has 0 aliphatic carbocycles. The fraction of sp³-hybridized carbons (Fsp3) is 0.481. The molecule has 1 saturated heterocycles. The summed E-state index contributed by atoms with van der Waals surface area (Å²) in [6, 6.07) is 7.33. The first-order valence-corrected chi connectivity index (χ1v) is 12.4. The smallest absolute Gasteiger partial charge is 0.388 e. The van der Waals surface area contributed by atoms with Crippen molar-refractivity contribution in [2.24, 2.45) is 5.92 Å². The van der Waals surface area contributed by atoms with Crippen LogP contribution in [0.15, 0.2) is 36.4 Å². The standard InChI is InChI=1S/C27H29F6N3O/c1-15-9-19-18-5-2-3-6-22(18)34-24(19)25(36(15)14-27(31,32)33)23-20(29)10-16(11-21(23)30)26(37)17-12-35(13-17)8-4-7-28/h2-3,5-6,10-11,15,17,25-26,34,37H,4,7-9,12-14H2,1H3/t15-,25-,26-/m1/s1. The van der Waals surface area contributed by atoms with Gasteiger partial charge in [-0.25, -0.2) is 8.78 Å². The van der Waals surface area contributed by atoms with E-state index in [1.54, 1.807) is 19.1 Å². The largest absolute Gasteiger partial charge is 0.401 e. The Kier molecular flexibility index (Phi) is 7.02. The van der Waals surface area contributed by atoms with Crippen molar-refractivity contribution in [3.05, 3.63) is 70.4 Å². The monoisotopic (exact) mass is 525 g/mol. The molecule has 2 aromatic carbocycles. The van der Waals surface area contributed by atoms with Crippen molar-refractivity contribution in [2.75, 3.05) is 32.9 Å². The fourth-order valence-electron chi connectivity index (χ4n) is 5.85. The molecule has 200 valence electrons. The zero-order chi connectivity index (χ0) is 26.5. The summed E-state index contributed by atoms with van der Waals surface area (Å²) in [4.78, 5) is 6.16.